The van der Waals surface area contributed by atoms with Crippen molar-refractivity contribution in [2.45, 2.75) is 18.9 Å². The van der Waals surface area contributed by atoms with E-state index in [9.17, 15) is 5.11 Å². The number of nitrogens with two attached hydrogens (primary N) is 1. The van der Waals surface area contributed by atoms with Crippen LogP contribution in [0.25, 0.3) is 11.0 Å². The number of hydrogen-bond donors (Lipinski definition) is 2. The quantitative estimate of drug-likeness (QED) is 0.690. The average molecular weight is 383 g/mol. The summed E-state index contributed by atoms with van der Waals surface area (Å²) in [7, 11) is 0. The van der Waals surface area contributed by atoms with Crippen LogP contribution in [0.1, 0.15) is 11.8 Å². The van der Waals surface area contributed by atoms with Gasteiger partial charge in [-0.15, -0.1) is 0 Å². The molecule has 146 valence electrons. The first kappa shape index (κ1) is 17.2. The molecule has 5 rings (SSSR count). The molecule has 0 aliphatic carbocycles. The molecule has 1 aromatic carbocycles. The molecule has 0 unspecified atom stereocenters. The molecule has 9 heteroatoms. The molecule has 0 spiro atoms. The van der Waals surface area contributed by atoms with Crippen molar-refractivity contribution in [3.8, 4) is 11.5 Å². The van der Waals surface area contributed by atoms with Gasteiger partial charge in [-0.1, -0.05) is 6.07 Å². The van der Waals surface area contributed by atoms with Crippen molar-refractivity contribution in [2.75, 3.05) is 32.2 Å². The molecule has 9 nitrogen and oxygen atoms in total. The van der Waals surface area contributed by atoms with Crippen molar-refractivity contribution in [2.24, 2.45) is 0 Å². The molecule has 3 N–H and O–H groups in total. The van der Waals surface area contributed by atoms with Crippen LogP contribution in [0.15, 0.2) is 36.8 Å². The van der Waals surface area contributed by atoms with Crippen LogP contribution in [-0.2, 0) is 11.3 Å². The van der Waals surface area contributed by atoms with Gasteiger partial charge in [0.1, 0.15) is 24.0 Å². The zero-order valence-electron chi connectivity index (χ0n) is 15.2. The Morgan fingerprint density at radius 2 is 2.04 bits per heavy atom. The van der Waals surface area contributed by atoms with E-state index in [1.54, 1.807) is 0 Å². The van der Waals surface area contributed by atoms with Crippen LogP contribution in [0.4, 0.5) is 5.82 Å². The van der Waals surface area contributed by atoms with E-state index in [4.69, 9.17) is 19.9 Å². The van der Waals surface area contributed by atoms with E-state index in [0.29, 0.717) is 25.5 Å². The molecule has 2 aliphatic rings. The van der Waals surface area contributed by atoms with Gasteiger partial charge >= 0.3 is 0 Å². The Kier molecular flexibility index (Phi) is 4.27. The van der Waals surface area contributed by atoms with Crippen LogP contribution in [-0.4, -0.2) is 57.1 Å². The maximum atomic E-state index is 9.73. The molecule has 2 atom stereocenters. The van der Waals surface area contributed by atoms with Crippen LogP contribution in [0.2, 0.25) is 0 Å². The van der Waals surface area contributed by atoms with Gasteiger partial charge in [-0.05, 0) is 23.8 Å². The first-order chi connectivity index (χ1) is 13.7. The van der Waals surface area contributed by atoms with Gasteiger partial charge in [-0.25, -0.2) is 9.97 Å². The molecule has 4 heterocycles. The molecule has 0 amide bonds. The molecule has 0 saturated carbocycles. The predicted octanol–water partition coefficient (Wildman–Crippen LogP) is 1.13. The third-order valence-electron chi connectivity index (χ3n) is 5.12. The van der Waals surface area contributed by atoms with Gasteiger partial charge in [-0.2, -0.15) is 0 Å². The van der Waals surface area contributed by atoms with Gasteiger partial charge in [-0.3, -0.25) is 4.90 Å². The largest absolute Gasteiger partial charge is 0.454 e. The number of aliphatic hydroxyl groups is 1. The van der Waals surface area contributed by atoms with Gasteiger partial charge in [0, 0.05) is 25.8 Å². The minimum absolute atomic E-state index is 0.0511. The number of benzene rings is 1. The normalized spacial score (nSPS) is 22.0. The number of anilines is 1. The van der Waals surface area contributed by atoms with Crippen LogP contribution < -0.4 is 15.2 Å². The van der Waals surface area contributed by atoms with Crippen molar-refractivity contribution in [3.63, 3.8) is 0 Å². The van der Waals surface area contributed by atoms with Crippen LogP contribution in [0, 0.1) is 0 Å². The third-order valence-corrected chi connectivity index (χ3v) is 5.12. The van der Waals surface area contributed by atoms with E-state index >= 15 is 0 Å². The summed E-state index contributed by atoms with van der Waals surface area (Å²) in [6.07, 6.45) is 2.78. The standard InChI is InChI=1S/C19H21N5O4/c20-18-14-3-4-24(19(14)22-10-21-18)17-8-23(7-13(9-25)28-17)6-12-1-2-15-16(5-12)27-11-26-15/h1-5,10,13,17,25H,6-9,11H2,(H2,20,21,22)/t13-,17+/m0/s1. The highest BCUT2D eigenvalue weighted by atomic mass is 16.7. The number of ether oxygens (including phenoxy) is 3. The van der Waals surface area contributed by atoms with Gasteiger partial charge in [0.05, 0.1) is 18.1 Å². The molecule has 2 aromatic heterocycles. The number of nitrogens with zero attached hydrogens (tertiary/aromatic N) is 4. The average Bonchev–Trinajstić information content (AvgIpc) is 3.35. The molecule has 1 fully saturated rings. The summed E-state index contributed by atoms with van der Waals surface area (Å²) >= 11 is 0. The highest BCUT2D eigenvalue weighted by Crippen LogP contribution is 2.33. The summed E-state index contributed by atoms with van der Waals surface area (Å²) < 4.78 is 18.9. The zero-order valence-corrected chi connectivity index (χ0v) is 15.2. The lowest BCUT2D eigenvalue weighted by molar-refractivity contribution is -0.135. The Hall–Kier alpha value is -2.88. The van der Waals surface area contributed by atoms with Gasteiger partial charge in [0.15, 0.2) is 11.5 Å². The summed E-state index contributed by atoms with van der Waals surface area (Å²) in [5.41, 5.74) is 7.79. The number of hydrogen-bond acceptors (Lipinski definition) is 8. The lowest BCUT2D eigenvalue weighted by atomic mass is 10.1. The van der Waals surface area contributed by atoms with E-state index in [2.05, 4.69) is 14.9 Å². The van der Waals surface area contributed by atoms with Crippen LogP contribution >= 0.6 is 0 Å². The third kappa shape index (κ3) is 3.03. The topological polar surface area (TPSA) is 108 Å². The molecule has 0 bridgehead atoms. The highest BCUT2D eigenvalue weighted by Gasteiger charge is 2.30. The molecule has 1 saturated heterocycles. The van der Waals surface area contributed by atoms with Crippen molar-refractivity contribution in [1.82, 2.24) is 19.4 Å². The number of rotatable bonds is 4. The fourth-order valence-electron chi connectivity index (χ4n) is 3.80. The minimum Gasteiger partial charge on any atom is -0.454 e. The number of aromatic nitrogens is 3. The number of nitrogen functional groups attached to an aromatic ring is 1. The van der Waals surface area contributed by atoms with Gasteiger partial charge in [0.25, 0.3) is 0 Å². The SMILES string of the molecule is Nc1ncnc2c1ccn2[C@H]1CN(Cc2ccc3c(c2)OCO3)C[C@@H](CO)O1. The van der Waals surface area contributed by atoms with Gasteiger partial charge < -0.3 is 29.6 Å². The Morgan fingerprint density at radius 1 is 1.14 bits per heavy atom. The molecular formula is C19H21N5O4. The summed E-state index contributed by atoms with van der Waals surface area (Å²) in [6, 6.07) is 7.85. The number of aliphatic hydroxyl groups excluding tert-OH is 1. The molecule has 3 aromatic rings. The molecule has 2 aliphatic heterocycles. The van der Waals surface area contributed by atoms with E-state index < -0.39 is 0 Å². The maximum absolute atomic E-state index is 9.73. The lowest BCUT2D eigenvalue weighted by Crippen LogP contribution is -2.46. The minimum atomic E-state index is -0.288. The first-order valence-corrected chi connectivity index (χ1v) is 9.15. The molecule has 0 radical (unpaired) electrons. The lowest BCUT2D eigenvalue weighted by Gasteiger charge is -2.38. The fourth-order valence-corrected chi connectivity index (χ4v) is 3.80. The van der Waals surface area contributed by atoms with E-state index in [1.165, 1.54) is 6.33 Å². The first-order valence-electron chi connectivity index (χ1n) is 9.15. The van der Waals surface area contributed by atoms with Crippen molar-refractivity contribution in [3.05, 3.63) is 42.4 Å². The second-order valence-electron chi connectivity index (χ2n) is 7.00. The van der Waals surface area contributed by atoms with Crippen LogP contribution in [0.3, 0.4) is 0 Å². The predicted molar refractivity (Wildman–Crippen MR) is 101 cm³/mol. The Balaban J connectivity index is 1.40. The van der Waals surface area contributed by atoms with E-state index in [-0.39, 0.29) is 25.7 Å². The molecular weight excluding hydrogens is 362 g/mol. The van der Waals surface area contributed by atoms with E-state index in [1.807, 2.05) is 35.0 Å². The fraction of sp³-hybridized carbons (Fsp3) is 0.368. The van der Waals surface area contributed by atoms with Gasteiger partial charge in [0.2, 0.25) is 6.79 Å². The van der Waals surface area contributed by atoms with Crippen molar-refractivity contribution < 1.29 is 19.3 Å². The summed E-state index contributed by atoms with van der Waals surface area (Å²) in [4.78, 5) is 10.6. The molecule has 28 heavy (non-hydrogen) atoms. The smallest absolute Gasteiger partial charge is 0.231 e. The number of fused-ring (bicyclic) bond motifs is 2. The maximum Gasteiger partial charge on any atom is 0.231 e. The Bertz CT molecular complexity index is 1010. The Labute approximate surface area is 161 Å². The van der Waals surface area contributed by atoms with Crippen molar-refractivity contribution in [1.29, 1.82) is 0 Å². The number of morpholine rings is 1. The van der Waals surface area contributed by atoms with E-state index in [0.717, 1.165) is 28.1 Å². The monoisotopic (exact) mass is 383 g/mol. The summed E-state index contributed by atoms with van der Waals surface area (Å²) in [5.74, 6) is 1.98. The second kappa shape index (κ2) is 6.93. The summed E-state index contributed by atoms with van der Waals surface area (Å²) in [5, 5.41) is 10.5. The highest BCUT2D eigenvalue weighted by molar-refractivity contribution is 5.86. The zero-order chi connectivity index (χ0) is 19.1. The Morgan fingerprint density at radius 3 is 2.93 bits per heavy atom. The van der Waals surface area contributed by atoms with Crippen LogP contribution in [0.5, 0.6) is 11.5 Å². The second-order valence-corrected chi connectivity index (χ2v) is 7.00. The summed E-state index contributed by atoms with van der Waals surface area (Å²) in [6.45, 7) is 2.21. The van der Waals surface area contributed by atoms with Crippen molar-refractivity contribution >= 4 is 16.9 Å².